The van der Waals surface area contributed by atoms with Crippen LogP contribution in [0.1, 0.15) is 5.69 Å². The number of nitrogens with zero attached hydrogens (tertiary/aromatic N) is 3. The summed E-state index contributed by atoms with van der Waals surface area (Å²) in [5.41, 5.74) is 1.64. The predicted octanol–water partition coefficient (Wildman–Crippen LogP) is 4.27. The van der Waals surface area contributed by atoms with Gasteiger partial charge in [-0.3, -0.25) is 4.98 Å². The van der Waals surface area contributed by atoms with Gasteiger partial charge in [-0.2, -0.15) is 18.3 Å². The molecule has 0 fully saturated rings. The van der Waals surface area contributed by atoms with Crippen LogP contribution in [0.4, 0.5) is 13.2 Å². The van der Waals surface area contributed by atoms with E-state index >= 15 is 0 Å². The van der Waals surface area contributed by atoms with Crippen molar-refractivity contribution in [3.8, 4) is 28.1 Å². The number of hydrogen-bond donors (Lipinski definition) is 1. The van der Waals surface area contributed by atoms with Gasteiger partial charge in [0.2, 0.25) is 10.0 Å². The summed E-state index contributed by atoms with van der Waals surface area (Å²) >= 11 is 0. The second-order valence-corrected chi connectivity index (χ2v) is 8.24. The van der Waals surface area contributed by atoms with E-state index in [-0.39, 0.29) is 16.3 Å². The van der Waals surface area contributed by atoms with Crippen LogP contribution < -0.4 is 5.14 Å². The number of nitrogens with two attached hydrogens (primary N) is 1. The maximum atomic E-state index is 13.3. The molecule has 0 spiro atoms. The molecular formula is C21H15F3N4O2S. The van der Waals surface area contributed by atoms with Crippen LogP contribution in [0, 0.1) is 0 Å². The monoisotopic (exact) mass is 444 g/mol. The van der Waals surface area contributed by atoms with Gasteiger partial charge in [0, 0.05) is 18.0 Å². The van der Waals surface area contributed by atoms with Crippen LogP contribution in [0.2, 0.25) is 0 Å². The lowest BCUT2D eigenvalue weighted by molar-refractivity contribution is -0.141. The quantitative estimate of drug-likeness (QED) is 0.509. The van der Waals surface area contributed by atoms with Gasteiger partial charge in [-0.15, -0.1) is 0 Å². The molecule has 0 aliphatic rings. The summed E-state index contributed by atoms with van der Waals surface area (Å²) in [6.45, 7) is 0. The maximum absolute atomic E-state index is 13.3. The molecule has 0 amide bonds. The first kappa shape index (κ1) is 20.8. The Bertz CT molecular complexity index is 1320. The molecule has 0 unspecified atom stereocenters. The highest BCUT2D eigenvalue weighted by Crippen LogP contribution is 2.34. The molecule has 0 atom stereocenters. The Morgan fingerprint density at radius 1 is 0.871 bits per heavy atom. The highest BCUT2D eigenvalue weighted by molar-refractivity contribution is 7.89. The van der Waals surface area contributed by atoms with E-state index in [1.807, 2.05) is 6.07 Å². The second kappa shape index (κ2) is 7.64. The molecule has 158 valence electrons. The minimum absolute atomic E-state index is 0.151. The zero-order valence-corrected chi connectivity index (χ0v) is 16.6. The molecule has 0 aliphatic carbocycles. The average molecular weight is 444 g/mol. The first-order valence-corrected chi connectivity index (χ1v) is 10.5. The molecule has 4 aromatic rings. The summed E-state index contributed by atoms with van der Waals surface area (Å²) in [5, 5.41) is 8.79. The summed E-state index contributed by atoms with van der Waals surface area (Å²) in [7, 11) is -3.93. The zero-order chi connectivity index (χ0) is 22.2. The maximum Gasteiger partial charge on any atom is 0.435 e. The number of primary sulfonamides is 1. The Kier molecular flexibility index (Phi) is 5.11. The second-order valence-electron chi connectivity index (χ2n) is 6.68. The van der Waals surface area contributed by atoms with E-state index in [0.717, 1.165) is 21.9 Å². The van der Waals surface area contributed by atoms with Crippen molar-refractivity contribution >= 4 is 10.0 Å². The number of benzene rings is 2. The molecule has 2 heterocycles. The van der Waals surface area contributed by atoms with Crippen molar-refractivity contribution < 1.29 is 21.6 Å². The molecular weight excluding hydrogens is 429 g/mol. The average Bonchev–Trinajstić information content (AvgIpc) is 3.20. The number of rotatable bonds is 4. The summed E-state index contributed by atoms with van der Waals surface area (Å²) in [6, 6.07) is 16.7. The Balaban J connectivity index is 1.79. The first-order chi connectivity index (χ1) is 14.6. The van der Waals surface area contributed by atoms with E-state index in [4.69, 9.17) is 5.14 Å². The third-order valence-corrected chi connectivity index (χ3v) is 5.51. The Morgan fingerprint density at radius 2 is 1.52 bits per heavy atom. The molecule has 6 nitrogen and oxygen atoms in total. The first-order valence-electron chi connectivity index (χ1n) is 8.94. The molecule has 0 saturated carbocycles. The number of pyridine rings is 1. The van der Waals surface area contributed by atoms with Crippen molar-refractivity contribution in [2.45, 2.75) is 11.1 Å². The lowest BCUT2D eigenvalue weighted by Crippen LogP contribution is -2.12. The summed E-state index contributed by atoms with van der Waals surface area (Å²) in [4.78, 5) is 3.91. The molecule has 10 heteroatoms. The van der Waals surface area contributed by atoms with Crippen molar-refractivity contribution in [1.29, 1.82) is 0 Å². The molecule has 2 aromatic heterocycles. The highest BCUT2D eigenvalue weighted by Gasteiger charge is 2.35. The van der Waals surface area contributed by atoms with Gasteiger partial charge in [-0.05, 0) is 47.5 Å². The standard InChI is InChI=1S/C21H15F3N4O2S/c22-21(23,24)20-12-19(15-5-3-14(4-6-15)16-2-1-11-26-13-16)28(27-20)17-7-9-18(10-8-17)31(25,29)30/h1-13H,(H2,25,29,30). The van der Waals surface area contributed by atoms with Crippen molar-refractivity contribution in [2.24, 2.45) is 5.14 Å². The summed E-state index contributed by atoms with van der Waals surface area (Å²) < 4.78 is 64.1. The summed E-state index contributed by atoms with van der Waals surface area (Å²) in [6.07, 6.45) is -1.31. The number of alkyl halides is 3. The fourth-order valence-corrected chi connectivity index (χ4v) is 3.58. The fourth-order valence-electron chi connectivity index (χ4n) is 3.07. The van der Waals surface area contributed by atoms with Gasteiger partial charge < -0.3 is 0 Å². The molecule has 0 bridgehead atoms. The predicted molar refractivity (Wildman–Crippen MR) is 109 cm³/mol. The van der Waals surface area contributed by atoms with E-state index in [2.05, 4.69) is 10.1 Å². The Hall–Kier alpha value is -3.50. The molecule has 31 heavy (non-hydrogen) atoms. The van der Waals surface area contributed by atoms with Crippen LogP contribution in [0.15, 0.2) is 84.0 Å². The van der Waals surface area contributed by atoms with E-state index in [9.17, 15) is 21.6 Å². The van der Waals surface area contributed by atoms with Gasteiger partial charge in [0.15, 0.2) is 5.69 Å². The third-order valence-electron chi connectivity index (χ3n) is 4.59. The van der Waals surface area contributed by atoms with E-state index in [1.165, 1.54) is 24.3 Å². The molecule has 4 rings (SSSR count). The fraction of sp³-hybridized carbons (Fsp3) is 0.0476. The number of aromatic nitrogens is 3. The molecule has 0 saturated heterocycles. The van der Waals surface area contributed by atoms with Gasteiger partial charge in [0.1, 0.15) is 0 Å². The molecule has 2 N–H and O–H groups in total. The minimum atomic E-state index is -4.64. The van der Waals surface area contributed by atoms with Crippen molar-refractivity contribution in [2.75, 3.05) is 0 Å². The smallest absolute Gasteiger partial charge is 0.264 e. The van der Waals surface area contributed by atoms with Gasteiger partial charge in [0.25, 0.3) is 0 Å². The SMILES string of the molecule is NS(=O)(=O)c1ccc(-n2nc(C(F)(F)F)cc2-c2ccc(-c3cccnc3)cc2)cc1. The zero-order valence-electron chi connectivity index (χ0n) is 15.8. The normalized spacial score (nSPS) is 12.1. The van der Waals surface area contributed by atoms with Crippen molar-refractivity contribution in [1.82, 2.24) is 14.8 Å². The van der Waals surface area contributed by atoms with Crippen LogP contribution >= 0.6 is 0 Å². The van der Waals surface area contributed by atoms with E-state index in [1.54, 1.807) is 42.7 Å². The molecule has 0 radical (unpaired) electrons. The molecule has 2 aromatic carbocycles. The van der Waals surface area contributed by atoms with E-state index in [0.29, 0.717) is 5.56 Å². The van der Waals surface area contributed by atoms with Gasteiger partial charge >= 0.3 is 6.18 Å². The number of halogens is 3. The van der Waals surface area contributed by atoms with E-state index < -0.39 is 21.9 Å². The largest absolute Gasteiger partial charge is 0.435 e. The summed E-state index contributed by atoms with van der Waals surface area (Å²) in [5.74, 6) is 0. The van der Waals surface area contributed by atoms with Crippen LogP contribution in [0.3, 0.4) is 0 Å². The Labute approximate surface area is 175 Å². The van der Waals surface area contributed by atoms with Gasteiger partial charge in [0.05, 0.1) is 16.3 Å². The van der Waals surface area contributed by atoms with Crippen LogP contribution in [0.5, 0.6) is 0 Å². The van der Waals surface area contributed by atoms with Gasteiger partial charge in [-0.1, -0.05) is 30.3 Å². The highest BCUT2D eigenvalue weighted by atomic mass is 32.2. The topological polar surface area (TPSA) is 90.9 Å². The number of hydrogen-bond acceptors (Lipinski definition) is 4. The van der Waals surface area contributed by atoms with Crippen molar-refractivity contribution in [3.63, 3.8) is 0 Å². The van der Waals surface area contributed by atoms with Crippen molar-refractivity contribution in [3.05, 3.63) is 84.8 Å². The lowest BCUT2D eigenvalue weighted by atomic mass is 10.0. The minimum Gasteiger partial charge on any atom is -0.264 e. The van der Waals surface area contributed by atoms with Crippen LogP contribution in [-0.4, -0.2) is 23.2 Å². The number of sulfonamides is 1. The van der Waals surface area contributed by atoms with Gasteiger partial charge in [-0.25, -0.2) is 18.2 Å². The third kappa shape index (κ3) is 4.35. The lowest BCUT2D eigenvalue weighted by Gasteiger charge is -2.09. The van der Waals surface area contributed by atoms with Crippen LogP contribution in [-0.2, 0) is 16.2 Å². The molecule has 0 aliphatic heterocycles. The van der Waals surface area contributed by atoms with Crippen LogP contribution in [0.25, 0.3) is 28.1 Å². The Morgan fingerprint density at radius 3 is 2.06 bits per heavy atom.